The summed E-state index contributed by atoms with van der Waals surface area (Å²) in [6, 6.07) is 6.66. The number of H-pyrrole nitrogens is 1. The molecule has 2 heterocycles. The molecule has 3 rings (SSSR count). The molecule has 2 unspecified atom stereocenters. The quantitative estimate of drug-likeness (QED) is 0.545. The lowest BCUT2D eigenvalue weighted by molar-refractivity contribution is -0.123. The molecule has 1 fully saturated rings. The zero-order valence-corrected chi connectivity index (χ0v) is 12.1. The van der Waals surface area contributed by atoms with E-state index in [4.69, 9.17) is 0 Å². The van der Waals surface area contributed by atoms with Crippen LogP contribution in [-0.4, -0.2) is 32.2 Å². The monoisotopic (exact) mass is 302 g/mol. The SMILES string of the molecule is Cc1nc(CNC(=O)C2CC(c3ccc(O)cc3)NN2)n[nH]1. The molecule has 0 aliphatic carbocycles. The first kappa shape index (κ1) is 14.5. The molecule has 0 spiro atoms. The van der Waals surface area contributed by atoms with Crippen molar-refractivity contribution >= 4 is 5.91 Å². The third-order valence-electron chi connectivity index (χ3n) is 3.58. The van der Waals surface area contributed by atoms with Crippen LogP contribution in [0.25, 0.3) is 0 Å². The van der Waals surface area contributed by atoms with Crippen LogP contribution in [0, 0.1) is 6.92 Å². The third kappa shape index (κ3) is 3.23. The van der Waals surface area contributed by atoms with Crippen molar-refractivity contribution in [3.8, 4) is 5.75 Å². The summed E-state index contributed by atoms with van der Waals surface area (Å²) >= 11 is 0. The predicted octanol–water partition coefficient (Wildman–Crippen LogP) is 0.0427. The first-order valence-electron chi connectivity index (χ1n) is 7.07. The Morgan fingerprint density at radius 3 is 2.82 bits per heavy atom. The Labute approximate surface area is 127 Å². The number of aromatic nitrogens is 3. The van der Waals surface area contributed by atoms with Crippen LogP contribution in [0.5, 0.6) is 5.75 Å². The van der Waals surface area contributed by atoms with Crippen LogP contribution in [0.2, 0.25) is 0 Å². The molecule has 1 amide bonds. The molecule has 0 bridgehead atoms. The van der Waals surface area contributed by atoms with Crippen LogP contribution >= 0.6 is 0 Å². The number of phenols is 1. The molecule has 1 saturated heterocycles. The lowest BCUT2D eigenvalue weighted by atomic mass is 10.0. The molecule has 116 valence electrons. The van der Waals surface area contributed by atoms with Crippen molar-refractivity contribution in [2.45, 2.75) is 32.0 Å². The Balaban J connectivity index is 1.53. The molecule has 0 radical (unpaired) electrons. The number of hydrazine groups is 1. The minimum Gasteiger partial charge on any atom is -0.508 e. The fraction of sp³-hybridized carbons (Fsp3) is 0.357. The minimum absolute atomic E-state index is 0.0297. The number of rotatable bonds is 4. The molecule has 2 atom stereocenters. The number of hydrogen-bond donors (Lipinski definition) is 5. The highest BCUT2D eigenvalue weighted by atomic mass is 16.3. The van der Waals surface area contributed by atoms with Gasteiger partial charge in [0.15, 0.2) is 5.82 Å². The topological polar surface area (TPSA) is 115 Å². The van der Waals surface area contributed by atoms with Crippen LogP contribution < -0.4 is 16.2 Å². The van der Waals surface area contributed by atoms with E-state index >= 15 is 0 Å². The Kier molecular flexibility index (Phi) is 4.03. The van der Waals surface area contributed by atoms with Gasteiger partial charge in [-0.15, -0.1) is 0 Å². The van der Waals surface area contributed by atoms with Crippen LogP contribution in [0.3, 0.4) is 0 Å². The van der Waals surface area contributed by atoms with Gasteiger partial charge in [0.2, 0.25) is 5.91 Å². The van der Waals surface area contributed by atoms with Crippen LogP contribution in [0.15, 0.2) is 24.3 Å². The van der Waals surface area contributed by atoms with E-state index in [-0.39, 0.29) is 23.7 Å². The Morgan fingerprint density at radius 2 is 2.14 bits per heavy atom. The first-order valence-corrected chi connectivity index (χ1v) is 7.07. The molecule has 1 aliphatic heterocycles. The van der Waals surface area contributed by atoms with Gasteiger partial charge < -0.3 is 10.4 Å². The van der Waals surface area contributed by atoms with Crippen molar-refractivity contribution in [1.29, 1.82) is 0 Å². The van der Waals surface area contributed by atoms with Gasteiger partial charge in [0.25, 0.3) is 0 Å². The van der Waals surface area contributed by atoms with Gasteiger partial charge in [0.05, 0.1) is 6.54 Å². The number of carbonyl (C=O) groups is 1. The van der Waals surface area contributed by atoms with Gasteiger partial charge in [0, 0.05) is 6.04 Å². The Morgan fingerprint density at radius 1 is 1.36 bits per heavy atom. The van der Waals surface area contributed by atoms with Crippen LogP contribution in [-0.2, 0) is 11.3 Å². The zero-order valence-electron chi connectivity index (χ0n) is 12.1. The van der Waals surface area contributed by atoms with Gasteiger partial charge in [-0.1, -0.05) is 12.1 Å². The van der Waals surface area contributed by atoms with Crippen LogP contribution in [0.4, 0.5) is 0 Å². The number of nitrogens with one attached hydrogen (secondary N) is 4. The highest BCUT2D eigenvalue weighted by molar-refractivity contribution is 5.82. The summed E-state index contributed by atoms with van der Waals surface area (Å²) in [5.74, 6) is 1.41. The maximum Gasteiger partial charge on any atom is 0.238 e. The first-order chi connectivity index (χ1) is 10.6. The predicted molar refractivity (Wildman–Crippen MR) is 78.5 cm³/mol. The van der Waals surface area contributed by atoms with E-state index in [1.54, 1.807) is 12.1 Å². The van der Waals surface area contributed by atoms with Gasteiger partial charge in [-0.2, -0.15) is 5.10 Å². The molecule has 22 heavy (non-hydrogen) atoms. The second-order valence-corrected chi connectivity index (χ2v) is 5.28. The van der Waals surface area contributed by atoms with E-state index in [0.29, 0.717) is 18.8 Å². The van der Waals surface area contributed by atoms with E-state index in [9.17, 15) is 9.90 Å². The van der Waals surface area contributed by atoms with Crippen molar-refractivity contribution in [3.63, 3.8) is 0 Å². The van der Waals surface area contributed by atoms with Crippen molar-refractivity contribution < 1.29 is 9.90 Å². The average Bonchev–Trinajstić information content (AvgIpc) is 3.15. The average molecular weight is 302 g/mol. The molecular weight excluding hydrogens is 284 g/mol. The van der Waals surface area contributed by atoms with E-state index in [1.165, 1.54) is 0 Å². The van der Waals surface area contributed by atoms with E-state index < -0.39 is 0 Å². The number of nitrogens with zero attached hydrogens (tertiary/aromatic N) is 2. The molecular formula is C14H18N6O2. The molecule has 2 aromatic rings. The molecule has 1 aromatic carbocycles. The molecule has 1 aliphatic rings. The van der Waals surface area contributed by atoms with Gasteiger partial charge in [0.1, 0.15) is 17.6 Å². The largest absolute Gasteiger partial charge is 0.508 e. The molecule has 8 heteroatoms. The van der Waals surface area contributed by atoms with Gasteiger partial charge in [-0.3, -0.25) is 9.89 Å². The molecule has 5 N–H and O–H groups in total. The van der Waals surface area contributed by atoms with Gasteiger partial charge >= 0.3 is 0 Å². The van der Waals surface area contributed by atoms with E-state index in [0.717, 1.165) is 11.4 Å². The normalized spacial score (nSPS) is 21.0. The number of aromatic amines is 1. The van der Waals surface area contributed by atoms with E-state index in [1.807, 2.05) is 19.1 Å². The number of benzene rings is 1. The summed E-state index contributed by atoms with van der Waals surface area (Å²) in [6.45, 7) is 2.11. The number of phenolic OH excluding ortho intramolecular Hbond substituents is 1. The second-order valence-electron chi connectivity index (χ2n) is 5.28. The highest BCUT2D eigenvalue weighted by Crippen LogP contribution is 2.23. The van der Waals surface area contributed by atoms with Crippen LogP contribution in [0.1, 0.15) is 29.7 Å². The minimum atomic E-state index is -0.321. The fourth-order valence-corrected chi connectivity index (χ4v) is 2.41. The van der Waals surface area contributed by atoms with E-state index in [2.05, 4.69) is 31.3 Å². The summed E-state index contributed by atoms with van der Waals surface area (Å²) in [4.78, 5) is 16.3. The lowest BCUT2D eigenvalue weighted by Gasteiger charge is -2.10. The number of aryl methyl sites for hydroxylation is 1. The number of aromatic hydroxyl groups is 1. The van der Waals surface area contributed by atoms with Gasteiger partial charge in [-0.25, -0.2) is 15.8 Å². The standard InChI is InChI=1S/C14H18N6O2/c1-8-16-13(20-17-8)7-15-14(22)12-6-11(18-19-12)9-2-4-10(21)5-3-9/h2-5,11-12,18-19,21H,6-7H2,1H3,(H,15,22)(H,16,17,20). The molecule has 8 nitrogen and oxygen atoms in total. The fourth-order valence-electron chi connectivity index (χ4n) is 2.41. The highest BCUT2D eigenvalue weighted by Gasteiger charge is 2.30. The summed E-state index contributed by atoms with van der Waals surface area (Å²) in [7, 11) is 0. The Bertz CT molecular complexity index is 654. The molecule has 1 aromatic heterocycles. The number of amides is 1. The lowest BCUT2D eigenvalue weighted by Crippen LogP contribution is -2.43. The van der Waals surface area contributed by atoms with Crippen molar-refractivity contribution in [2.75, 3.05) is 0 Å². The summed E-state index contributed by atoms with van der Waals surface area (Å²) < 4.78 is 0. The summed E-state index contributed by atoms with van der Waals surface area (Å²) in [5, 5.41) is 18.8. The molecule has 0 saturated carbocycles. The third-order valence-corrected chi connectivity index (χ3v) is 3.58. The maximum absolute atomic E-state index is 12.1. The van der Waals surface area contributed by atoms with Gasteiger partial charge in [-0.05, 0) is 31.0 Å². The second kappa shape index (κ2) is 6.12. The van der Waals surface area contributed by atoms with Crippen molar-refractivity contribution in [2.24, 2.45) is 0 Å². The van der Waals surface area contributed by atoms with Crippen molar-refractivity contribution in [1.82, 2.24) is 31.3 Å². The number of hydrogen-bond acceptors (Lipinski definition) is 6. The smallest absolute Gasteiger partial charge is 0.238 e. The Hall–Kier alpha value is -2.45. The summed E-state index contributed by atoms with van der Waals surface area (Å²) in [5.41, 5.74) is 7.10. The number of carbonyl (C=O) groups excluding carboxylic acids is 1. The van der Waals surface area contributed by atoms with Crippen molar-refractivity contribution in [3.05, 3.63) is 41.5 Å². The maximum atomic E-state index is 12.1. The zero-order chi connectivity index (χ0) is 15.5. The summed E-state index contributed by atoms with van der Waals surface area (Å²) in [6.07, 6.45) is 0.629.